The maximum absolute atomic E-state index is 12.0. The van der Waals surface area contributed by atoms with Crippen molar-refractivity contribution in [1.29, 1.82) is 0 Å². The number of carbonyl (C=O) groups is 1. The second kappa shape index (κ2) is 7.88. The molecule has 4 heteroatoms. The van der Waals surface area contributed by atoms with E-state index in [0.29, 0.717) is 5.75 Å². The first kappa shape index (κ1) is 19.9. The molecule has 0 aromatic heterocycles. The quantitative estimate of drug-likeness (QED) is 0.646. The zero-order chi connectivity index (χ0) is 18.7. The van der Waals surface area contributed by atoms with Gasteiger partial charge in [0.2, 0.25) is 0 Å². The molecule has 1 aliphatic rings. The lowest BCUT2D eigenvalue weighted by molar-refractivity contribution is -0.143. The van der Waals surface area contributed by atoms with Crippen molar-refractivity contribution in [3.63, 3.8) is 0 Å². The molecule has 1 aromatic rings. The smallest absolute Gasteiger partial charge is 0.316 e. The Hall–Kier alpha value is -1.39. The van der Waals surface area contributed by atoms with Crippen molar-refractivity contribution >= 4 is 5.97 Å². The van der Waals surface area contributed by atoms with Crippen LogP contribution in [0.5, 0.6) is 5.75 Å². The summed E-state index contributed by atoms with van der Waals surface area (Å²) in [6.45, 7) is 6.33. The number of aliphatic hydroxyl groups is 1. The van der Waals surface area contributed by atoms with Crippen LogP contribution in [0.3, 0.4) is 0 Å². The number of ether oxygens (including phenoxy) is 1. The van der Waals surface area contributed by atoms with Gasteiger partial charge in [0.25, 0.3) is 0 Å². The molecule has 0 bridgehead atoms. The van der Waals surface area contributed by atoms with Gasteiger partial charge in [0.05, 0.1) is 11.0 Å². The van der Waals surface area contributed by atoms with E-state index in [1.54, 1.807) is 0 Å². The number of hydrogen-bond donors (Lipinski definition) is 1. The van der Waals surface area contributed by atoms with Gasteiger partial charge in [-0.05, 0) is 65.4 Å². The van der Waals surface area contributed by atoms with Gasteiger partial charge in [-0.15, -0.1) is 0 Å². The van der Waals surface area contributed by atoms with E-state index in [1.807, 2.05) is 59.1 Å². The third kappa shape index (κ3) is 5.29. The van der Waals surface area contributed by atoms with Gasteiger partial charge in [-0.3, -0.25) is 4.79 Å². The first-order valence-electron chi connectivity index (χ1n) is 9.31. The van der Waals surface area contributed by atoms with Gasteiger partial charge in [-0.2, -0.15) is 0 Å². The summed E-state index contributed by atoms with van der Waals surface area (Å²) in [5.74, 6) is 0.383. The van der Waals surface area contributed by atoms with E-state index in [9.17, 15) is 9.90 Å². The Bertz CT molecular complexity index is 566. The van der Waals surface area contributed by atoms with E-state index in [0.717, 1.165) is 37.8 Å². The highest BCUT2D eigenvalue weighted by Crippen LogP contribution is 2.40. The maximum atomic E-state index is 12.0. The molecular formula is C21H33NO3. The first-order chi connectivity index (χ1) is 11.6. The fourth-order valence-electron chi connectivity index (χ4n) is 3.49. The lowest BCUT2D eigenvalue weighted by Crippen LogP contribution is -2.42. The van der Waals surface area contributed by atoms with Gasteiger partial charge in [0.15, 0.2) is 0 Å². The van der Waals surface area contributed by atoms with Crippen LogP contribution >= 0.6 is 0 Å². The molecule has 1 aromatic carbocycles. The van der Waals surface area contributed by atoms with Crippen LogP contribution in [0.4, 0.5) is 0 Å². The van der Waals surface area contributed by atoms with Crippen LogP contribution in [0.1, 0.15) is 64.4 Å². The molecule has 0 amide bonds. The third-order valence-electron chi connectivity index (χ3n) is 5.02. The number of benzene rings is 1. The second-order valence-corrected chi connectivity index (χ2v) is 8.69. The van der Waals surface area contributed by atoms with Crippen LogP contribution in [0.2, 0.25) is 0 Å². The average Bonchev–Trinajstić information content (AvgIpc) is 2.53. The van der Waals surface area contributed by atoms with Gasteiger partial charge in [-0.25, -0.2) is 0 Å². The summed E-state index contributed by atoms with van der Waals surface area (Å²) in [5, 5.41) is 11.2. The largest absolute Gasteiger partial charge is 0.426 e. The molecule has 1 fully saturated rings. The summed E-state index contributed by atoms with van der Waals surface area (Å²) in [7, 11) is 4.08. The van der Waals surface area contributed by atoms with Gasteiger partial charge < -0.3 is 14.7 Å². The number of likely N-dealkylation sites (N-methyl/N-ethyl adjacent to an activating group) is 1. The minimum absolute atomic E-state index is 0.0650. The molecule has 25 heavy (non-hydrogen) atoms. The highest BCUT2D eigenvalue weighted by Gasteiger charge is 2.38. The molecule has 0 saturated heterocycles. The van der Waals surface area contributed by atoms with Crippen LogP contribution in [-0.2, 0) is 4.79 Å². The van der Waals surface area contributed by atoms with E-state index in [4.69, 9.17) is 4.74 Å². The zero-order valence-electron chi connectivity index (χ0n) is 16.3. The van der Waals surface area contributed by atoms with Gasteiger partial charge in [0, 0.05) is 12.5 Å². The van der Waals surface area contributed by atoms with Gasteiger partial charge in [-0.1, -0.05) is 31.4 Å². The van der Waals surface area contributed by atoms with Crippen molar-refractivity contribution in [2.24, 2.45) is 5.41 Å². The average molecular weight is 347 g/mol. The predicted octanol–water partition coefficient (Wildman–Crippen LogP) is 3.98. The third-order valence-corrected chi connectivity index (χ3v) is 5.02. The fraction of sp³-hybridized carbons (Fsp3) is 0.667. The van der Waals surface area contributed by atoms with Gasteiger partial charge in [0.1, 0.15) is 5.75 Å². The Kier molecular flexibility index (Phi) is 6.28. The summed E-state index contributed by atoms with van der Waals surface area (Å²) >= 11 is 0. The number of nitrogens with zero attached hydrogens (tertiary/aromatic N) is 1. The summed E-state index contributed by atoms with van der Waals surface area (Å²) in [6.07, 6.45) is 5.08. The minimum atomic E-state index is -0.647. The minimum Gasteiger partial charge on any atom is -0.426 e. The summed E-state index contributed by atoms with van der Waals surface area (Å²) in [6, 6.07) is 7.67. The predicted molar refractivity (Wildman–Crippen MR) is 101 cm³/mol. The Morgan fingerprint density at radius 3 is 2.20 bits per heavy atom. The molecule has 0 radical (unpaired) electrons. The highest BCUT2D eigenvalue weighted by atomic mass is 16.5. The number of esters is 1. The van der Waals surface area contributed by atoms with Crippen LogP contribution in [0.15, 0.2) is 24.3 Å². The van der Waals surface area contributed by atoms with E-state index in [2.05, 4.69) is 4.90 Å². The fourth-order valence-corrected chi connectivity index (χ4v) is 3.49. The Labute approximate surface area is 152 Å². The first-order valence-corrected chi connectivity index (χ1v) is 9.31. The summed E-state index contributed by atoms with van der Waals surface area (Å²) < 4.78 is 5.45. The van der Waals surface area contributed by atoms with E-state index >= 15 is 0 Å². The van der Waals surface area contributed by atoms with Crippen molar-refractivity contribution in [1.82, 2.24) is 4.90 Å². The molecule has 0 spiro atoms. The van der Waals surface area contributed by atoms with Crippen LogP contribution in [0, 0.1) is 5.41 Å². The van der Waals surface area contributed by atoms with Crippen LogP contribution < -0.4 is 4.74 Å². The second-order valence-electron chi connectivity index (χ2n) is 8.69. The van der Waals surface area contributed by atoms with Crippen molar-refractivity contribution < 1.29 is 14.6 Å². The lowest BCUT2D eigenvalue weighted by atomic mass is 9.72. The zero-order valence-corrected chi connectivity index (χ0v) is 16.3. The molecule has 1 N–H and O–H groups in total. The van der Waals surface area contributed by atoms with Crippen LogP contribution in [-0.4, -0.2) is 42.2 Å². The van der Waals surface area contributed by atoms with E-state index in [1.165, 1.54) is 6.42 Å². The van der Waals surface area contributed by atoms with Crippen molar-refractivity contribution in [2.75, 3.05) is 20.6 Å². The number of hydrogen-bond acceptors (Lipinski definition) is 4. The molecule has 140 valence electrons. The molecular weight excluding hydrogens is 314 g/mol. The normalized spacial score (nSPS) is 18.8. The number of rotatable bonds is 5. The molecule has 0 heterocycles. The molecule has 1 aliphatic carbocycles. The molecule has 2 rings (SSSR count). The van der Waals surface area contributed by atoms with Crippen molar-refractivity contribution in [3.05, 3.63) is 29.8 Å². The standard InChI is InChI=1S/C21H33NO3/c1-20(2,3)19(23)25-17-11-9-16(10-12-17)18(15-22(4)5)21(24)13-7-6-8-14-21/h9-12,18,24H,6-8,13-15H2,1-5H3. The number of carbonyl (C=O) groups excluding carboxylic acids is 1. The van der Waals surface area contributed by atoms with Crippen LogP contribution in [0.25, 0.3) is 0 Å². The maximum Gasteiger partial charge on any atom is 0.316 e. The van der Waals surface area contributed by atoms with Crippen molar-refractivity contribution in [2.45, 2.75) is 64.4 Å². The lowest BCUT2D eigenvalue weighted by Gasteiger charge is -2.40. The molecule has 1 saturated carbocycles. The molecule has 1 atom stereocenters. The summed E-state index contributed by atoms with van der Waals surface area (Å²) in [5.41, 5.74) is -0.0659. The Morgan fingerprint density at radius 1 is 1.16 bits per heavy atom. The van der Waals surface area contributed by atoms with Crippen molar-refractivity contribution in [3.8, 4) is 5.75 Å². The monoisotopic (exact) mass is 347 g/mol. The molecule has 0 aliphatic heterocycles. The van der Waals surface area contributed by atoms with Gasteiger partial charge >= 0.3 is 5.97 Å². The SMILES string of the molecule is CN(C)CC(c1ccc(OC(=O)C(C)(C)C)cc1)C1(O)CCCCC1. The Balaban J connectivity index is 2.19. The van der Waals surface area contributed by atoms with E-state index < -0.39 is 11.0 Å². The topological polar surface area (TPSA) is 49.8 Å². The molecule has 1 unspecified atom stereocenters. The van der Waals surface area contributed by atoms with E-state index in [-0.39, 0.29) is 11.9 Å². The molecule has 4 nitrogen and oxygen atoms in total. The Morgan fingerprint density at radius 2 is 1.72 bits per heavy atom. The highest BCUT2D eigenvalue weighted by molar-refractivity contribution is 5.77. The summed E-state index contributed by atoms with van der Waals surface area (Å²) in [4.78, 5) is 14.2.